The molecular weight excluding hydrogens is 224 g/mol. The summed E-state index contributed by atoms with van der Waals surface area (Å²) in [7, 11) is 0. The van der Waals surface area contributed by atoms with Gasteiger partial charge in [0.05, 0.1) is 0 Å². The van der Waals surface area contributed by atoms with Crippen LogP contribution in [0.1, 0.15) is 38.8 Å². The standard InChI is InChI=1S/C16H20O2/c1-15(2,3)16(4)8-7-11-5-6-13(17)9-12(11)10-14(16)18/h5-10,17-18H,1-4H3. The molecule has 1 atom stereocenters. The maximum atomic E-state index is 10.4. The molecule has 1 aliphatic carbocycles. The fourth-order valence-electron chi connectivity index (χ4n) is 2.11. The van der Waals surface area contributed by atoms with Crippen molar-refractivity contribution in [3.05, 3.63) is 41.2 Å². The van der Waals surface area contributed by atoms with Crippen LogP contribution in [0.15, 0.2) is 30.0 Å². The van der Waals surface area contributed by atoms with Gasteiger partial charge in [-0.05, 0) is 41.7 Å². The summed E-state index contributed by atoms with van der Waals surface area (Å²) < 4.78 is 0. The lowest BCUT2D eigenvalue weighted by Gasteiger charge is -2.38. The Balaban J connectivity index is 2.62. The smallest absolute Gasteiger partial charge is 0.116 e. The predicted octanol–water partition coefficient (Wildman–Crippen LogP) is 4.37. The number of phenolic OH excluding ortho intramolecular Hbond substituents is 1. The van der Waals surface area contributed by atoms with Gasteiger partial charge in [-0.2, -0.15) is 0 Å². The van der Waals surface area contributed by atoms with Gasteiger partial charge in [0.15, 0.2) is 0 Å². The van der Waals surface area contributed by atoms with Crippen LogP contribution in [-0.2, 0) is 0 Å². The number of phenols is 1. The molecule has 0 bridgehead atoms. The van der Waals surface area contributed by atoms with Gasteiger partial charge in [0.1, 0.15) is 11.5 Å². The van der Waals surface area contributed by atoms with Gasteiger partial charge >= 0.3 is 0 Å². The lowest BCUT2D eigenvalue weighted by molar-refractivity contribution is 0.148. The molecule has 1 aliphatic rings. The van der Waals surface area contributed by atoms with E-state index in [1.807, 2.05) is 25.1 Å². The minimum absolute atomic E-state index is 0.0891. The van der Waals surface area contributed by atoms with Crippen LogP contribution in [0.4, 0.5) is 0 Å². The molecule has 2 nitrogen and oxygen atoms in total. The Morgan fingerprint density at radius 3 is 2.33 bits per heavy atom. The zero-order valence-electron chi connectivity index (χ0n) is 11.4. The van der Waals surface area contributed by atoms with Crippen molar-refractivity contribution in [3.8, 4) is 5.75 Å². The van der Waals surface area contributed by atoms with Gasteiger partial charge in [0, 0.05) is 5.41 Å². The lowest BCUT2D eigenvalue weighted by atomic mass is 9.66. The molecule has 0 aromatic heterocycles. The Morgan fingerprint density at radius 2 is 1.72 bits per heavy atom. The van der Waals surface area contributed by atoms with E-state index in [0.717, 1.165) is 11.1 Å². The second-order valence-electron chi connectivity index (χ2n) is 6.13. The van der Waals surface area contributed by atoms with Gasteiger partial charge in [-0.25, -0.2) is 0 Å². The van der Waals surface area contributed by atoms with Crippen LogP contribution in [0.3, 0.4) is 0 Å². The van der Waals surface area contributed by atoms with Crippen LogP contribution >= 0.6 is 0 Å². The third-order valence-electron chi connectivity index (χ3n) is 4.05. The molecule has 0 fully saturated rings. The Kier molecular flexibility index (Phi) is 2.77. The molecule has 0 saturated carbocycles. The number of allylic oxidation sites excluding steroid dienone is 1. The average molecular weight is 244 g/mol. The Bertz CT molecular complexity index is 533. The van der Waals surface area contributed by atoms with Crippen LogP contribution in [0.25, 0.3) is 12.2 Å². The van der Waals surface area contributed by atoms with E-state index in [1.54, 1.807) is 18.2 Å². The van der Waals surface area contributed by atoms with Crippen molar-refractivity contribution in [2.45, 2.75) is 27.7 Å². The summed E-state index contributed by atoms with van der Waals surface area (Å²) in [5, 5.41) is 19.9. The number of rotatable bonds is 0. The van der Waals surface area contributed by atoms with E-state index in [4.69, 9.17) is 0 Å². The van der Waals surface area contributed by atoms with Crippen molar-refractivity contribution in [3.63, 3.8) is 0 Å². The van der Waals surface area contributed by atoms with E-state index in [2.05, 4.69) is 20.8 Å². The zero-order valence-corrected chi connectivity index (χ0v) is 11.4. The van der Waals surface area contributed by atoms with E-state index in [0.29, 0.717) is 5.76 Å². The van der Waals surface area contributed by atoms with Crippen molar-refractivity contribution in [1.82, 2.24) is 0 Å². The number of aliphatic hydroxyl groups excluding tert-OH is 1. The van der Waals surface area contributed by atoms with Gasteiger partial charge in [-0.1, -0.05) is 39.0 Å². The monoisotopic (exact) mass is 244 g/mol. The van der Waals surface area contributed by atoms with Crippen LogP contribution in [0, 0.1) is 10.8 Å². The summed E-state index contributed by atoms with van der Waals surface area (Å²) in [4.78, 5) is 0. The maximum absolute atomic E-state index is 10.4. The summed E-state index contributed by atoms with van der Waals surface area (Å²) in [6.45, 7) is 8.35. The van der Waals surface area contributed by atoms with Crippen molar-refractivity contribution in [1.29, 1.82) is 0 Å². The molecule has 0 radical (unpaired) electrons. The first-order chi connectivity index (χ1) is 8.24. The number of aliphatic hydroxyl groups is 1. The predicted molar refractivity (Wildman–Crippen MR) is 75.3 cm³/mol. The van der Waals surface area contributed by atoms with E-state index in [9.17, 15) is 10.2 Å². The number of aromatic hydroxyl groups is 1. The summed E-state index contributed by atoms with van der Waals surface area (Å²) >= 11 is 0. The minimum atomic E-state index is -0.415. The molecule has 0 heterocycles. The van der Waals surface area contributed by atoms with Gasteiger partial charge in [0.25, 0.3) is 0 Å². The van der Waals surface area contributed by atoms with Gasteiger partial charge in [-0.3, -0.25) is 0 Å². The third kappa shape index (κ3) is 1.92. The first-order valence-corrected chi connectivity index (χ1v) is 6.17. The van der Waals surface area contributed by atoms with E-state index in [-0.39, 0.29) is 11.2 Å². The molecule has 18 heavy (non-hydrogen) atoms. The molecule has 0 spiro atoms. The topological polar surface area (TPSA) is 40.5 Å². The highest BCUT2D eigenvalue weighted by molar-refractivity contribution is 5.71. The molecule has 0 amide bonds. The SMILES string of the molecule is CC(C)(C)C1(C)C=Cc2ccc(O)cc2C=C1O. The second-order valence-corrected chi connectivity index (χ2v) is 6.13. The average Bonchev–Trinajstić information content (AvgIpc) is 2.37. The first-order valence-electron chi connectivity index (χ1n) is 6.17. The van der Waals surface area contributed by atoms with Crippen LogP contribution < -0.4 is 0 Å². The number of benzene rings is 1. The second kappa shape index (κ2) is 3.91. The molecule has 1 aromatic rings. The Labute approximate surface area is 108 Å². The Morgan fingerprint density at radius 1 is 1.06 bits per heavy atom. The molecule has 0 saturated heterocycles. The van der Waals surface area contributed by atoms with Crippen LogP contribution in [0.2, 0.25) is 0 Å². The molecule has 2 N–H and O–H groups in total. The number of hydrogen-bond acceptors (Lipinski definition) is 2. The number of hydrogen-bond donors (Lipinski definition) is 2. The fraction of sp³-hybridized carbons (Fsp3) is 0.375. The summed E-state index contributed by atoms with van der Waals surface area (Å²) in [6.07, 6.45) is 5.81. The molecule has 2 rings (SSSR count). The summed E-state index contributed by atoms with van der Waals surface area (Å²) in [5.74, 6) is 0.543. The van der Waals surface area contributed by atoms with Gasteiger partial charge < -0.3 is 10.2 Å². The van der Waals surface area contributed by atoms with Crippen molar-refractivity contribution in [2.24, 2.45) is 10.8 Å². The normalized spacial score (nSPS) is 23.2. The van der Waals surface area contributed by atoms with Crippen molar-refractivity contribution in [2.75, 3.05) is 0 Å². The molecule has 1 aromatic carbocycles. The van der Waals surface area contributed by atoms with Crippen LogP contribution in [-0.4, -0.2) is 10.2 Å². The molecule has 96 valence electrons. The minimum Gasteiger partial charge on any atom is -0.511 e. The fourth-order valence-corrected chi connectivity index (χ4v) is 2.11. The largest absolute Gasteiger partial charge is 0.511 e. The highest BCUT2D eigenvalue weighted by Crippen LogP contribution is 2.47. The molecular formula is C16H20O2. The summed E-state index contributed by atoms with van der Waals surface area (Å²) in [5.41, 5.74) is 1.35. The van der Waals surface area contributed by atoms with Crippen molar-refractivity contribution >= 4 is 12.2 Å². The first kappa shape index (κ1) is 12.7. The van der Waals surface area contributed by atoms with Crippen LogP contribution in [0.5, 0.6) is 5.75 Å². The highest BCUT2D eigenvalue weighted by Gasteiger charge is 2.39. The highest BCUT2D eigenvalue weighted by atomic mass is 16.3. The molecule has 2 heteroatoms. The molecule has 0 aliphatic heterocycles. The van der Waals surface area contributed by atoms with E-state index in [1.165, 1.54) is 0 Å². The Hall–Kier alpha value is -1.70. The van der Waals surface area contributed by atoms with E-state index >= 15 is 0 Å². The quantitative estimate of drug-likeness (QED) is 0.711. The van der Waals surface area contributed by atoms with Gasteiger partial charge in [0.2, 0.25) is 0 Å². The van der Waals surface area contributed by atoms with Gasteiger partial charge in [-0.15, -0.1) is 0 Å². The lowest BCUT2D eigenvalue weighted by Crippen LogP contribution is -2.32. The third-order valence-corrected chi connectivity index (χ3v) is 4.05. The van der Waals surface area contributed by atoms with Crippen molar-refractivity contribution < 1.29 is 10.2 Å². The summed E-state index contributed by atoms with van der Waals surface area (Å²) in [6, 6.07) is 5.19. The maximum Gasteiger partial charge on any atom is 0.116 e. The molecule has 1 unspecified atom stereocenters. The van der Waals surface area contributed by atoms with E-state index < -0.39 is 5.41 Å². The zero-order chi connectivity index (χ0) is 13.6. The number of fused-ring (bicyclic) bond motifs is 1.